The second kappa shape index (κ2) is 11.3. The molecule has 1 aliphatic carbocycles. The number of carbonyl (C=O) groups is 1. The average molecular weight is 441 g/mol. The molecule has 1 heterocycles. The van der Waals surface area contributed by atoms with Crippen LogP contribution in [0.15, 0.2) is 18.2 Å². The van der Waals surface area contributed by atoms with E-state index in [1.807, 2.05) is 19.1 Å². The molecule has 7 heteroatoms. The number of nitrogens with zero attached hydrogens (tertiary/aromatic N) is 2. The molecule has 162 valence electrons. The Morgan fingerprint density at radius 3 is 2.66 bits per heavy atom. The summed E-state index contributed by atoms with van der Waals surface area (Å²) in [7, 11) is 0. The minimum atomic E-state index is -0.0233. The number of benzene rings is 1. The van der Waals surface area contributed by atoms with E-state index in [2.05, 4.69) is 26.5 Å². The van der Waals surface area contributed by atoms with Gasteiger partial charge >= 0.3 is 6.03 Å². The molecular formula is C22H34Cl2N4O. The molecule has 2 N–H and O–H groups in total. The Kier molecular flexibility index (Phi) is 8.76. The Morgan fingerprint density at radius 1 is 1.10 bits per heavy atom. The van der Waals surface area contributed by atoms with Gasteiger partial charge in [0.25, 0.3) is 0 Å². The second-order valence-electron chi connectivity index (χ2n) is 8.27. The second-order valence-corrected chi connectivity index (χ2v) is 9.05. The van der Waals surface area contributed by atoms with Crippen molar-refractivity contribution in [2.75, 3.05) is 44.2 Å². The fourth-order valence-corrected chi connectivity index (χ4v) is 4.94. The van der Waals surface area contributed by atoms with Gasteiger partial charge in [0.1, 0.15) is 0 Å². The van der Waals surface area contributed by atoms with Crippen molar-refractivity contribution in [1.82, 2.24) is 15.5 Å². The molecule has 1 saturated heterocycles. The SMILES string of the molecule is CCNC(=O)NC1CCC(CCN2CCCN(c3cccc(Cl)c3Cl)CC2)CC1. The molecule has 2 aliphatic rings. The number of halogens is 2. The van der Waals surface area contributed by atoms with Crippen molar-refractivity contribution in [2.45, 2.75) is 51.5 Å². The van der Waals surface area contributed by atoms with Crippen molar-refractivity contribution in [3.63, 3.8) is 0 Å². The fourth-order valence-electron chi connectivity index (χ4n) is 4.53. The lowest BCUT2D eigenvalue weighted by molar-refractivity contribution is 0.214. The van der Waals surface area contributed by atoms with Crippen LogP contribution in [0.2, 0.25) is 10.0 Å². The van der Waals surface area contributed by atoms with Gasteiger partial charge in [0.05, 0.1) is 15.7 Å². The van der Waals surface area contributed by atoms with Gasteiger partial charge in [-0.15, -0.1) is 0 Å². The summed E-state index contributed by atoms with van der Waals surface area (Å²) in [5.41, 5.74) is 1.05. The maximum atomic E-state index is 11.7. The summed E-state index contributed by atoms with van der Waals surface area (Å²) in [6, 6.07) is 6.20. The van der Waals surface area contributed by atoms with Gasteiger partial charge in [-0.05, 0) is 76.6 Å². The Hall–Kier alpha value is -1.17. The van der Waals surface area contributed by atoms with Crippen LogP contribution in [0.3, 0.4) is 0 Å². The van der Waals surface area contributed by atoms with Crippen LogP contribution in [-0.2, 0) is 0 Å². The van der Waals surface area contributed by atoms with E-state index in [0.29, 0.717) is 22.6 Å². The minimum Gasteiger partial charge on any atom is -0.369 e. The average Bonchev–Trinajstić information content (AvgIpc) is 2.95. The maximum Gasteiger partial charge on any atom is 0.314 e. The van der Waals surface area contributed by atoms with Gasteiger partial charge in [0, 0.05) is 32.2 Å². The molecule has 0 unspecified atom stereocenters. The van der Waals surface area contributed by atoms with Crippen LogP contribution in [0, 0.1) is 5.92 Å². The molecule has 1 aromatic carbocycles. The van der Waals surface area contributed by atoms with E-state index >= 15 is 0 Å². The maximum absolute atomic E-state index is 11.7. The van der Waals surface area contributed by atoms with E-state index in [9.17, 15) is 4.79 Å². The van der Waals surface area contributed by atoms with E-state index in [1.165, 1.54) is 19.3 Å². The first-order chi connectivity index (χ1) is 14.1. The zero-order valence-electron chi connectivity index (χ0n) is 17.4. The normalized spacial score (nSPS) is 23.5. The predicted octanol–water partition coefficient (Wildman–Crippen LogP) is 4.77. The lowest BCUT2D eigenvalue weighted by atomic mass is 9.84. The van der Waals surface area contributed by atoms with Crippen LogP contribution >= 0.6 is 23.2 Å². The largest absolute Gasteiger partial charge is 0.369 e. The highest BCUT2D eigenvalue weighted by atomic mass is 35.5. The van der Waals surface area contributed by atoms with Crippen molar-refractivity contribution in [2.24, 2.45) is 5.92 Å². The van der Waals surface area contributed by atoms with Crippen LogP contribution in [0.5, 0.6) is 0 Å². The van der Waals surface area contributed by atoms with Gasteiger partial charge < -0.3 is 20.4 Å². The number of amides is 2. The van der Waals surface area contributed by atoms with E-state index in [4.69, 9.17) is 23.2 Å². The third-order valence-corrected chi connectivity index (χ3v) is 7.04. The highest BCUT2D eigenvalue weighted by Crippen LogP contribution is 2.33. The van der Waals surface area contributed by atoms with Crippen LogP contribution in [0.25, 0.3) is 0 Å². The zero-order valence-corrected chi connectivity index (χ0v) is 18.9. The Bertz CT molecular complexity index is 664. The van der Waals surface area contributed by atoms with Crippen molar-refractivity contribution in [3.05, 3.63) is 28.2 Å². The smallest absolute Gasteiger partial charge is 0.314 e. The van der Waals surface area contributed by atoms with E-state index in [0.717, 1.165) is 63.6 Å². The van der Waals surface area contributed by atoms with Gasteiger partial charge in [-0.25, -0.2) is 4.79 Å². The molecule has 0 aromatic heterocycles. The molecule has 0 atom stereocenters. The first-order valence-electron chi connectivity index (χ1n) is 11.0. The lowest BCUT2D eigenvalue weighted by Crippen LogP contribution is -2.43. The number of anilines is 1. The highest BCUT2D eigenvalue weighted by molar-refractivity contribution is 6.43. The minimum absolute atomic E-state index is 0.0233. The first kappa shape index (κ1) is 22.5. The van der Waals surface area contributed by atoms with E-state index in [-0.39, 0.29) is 6.03 Å². The van der Waals surface area contributed by atoms with E-state index < -0.39 is 0 Å². The van der Waals surface area contributed by atoms with Crippen LogP contribution < -0.4 is 15.5 Å². The van der Waals surface area contributed by atoms with Gasteiger partial charge in [0.2, 0.25) is 0 Å². The summed E-state index contributed by atoms with van der Waals surface area (Å²) < 4.78 is 0. The third kappa shape index (κ3) is 6.66. The van der Waals surface area contributed by atoms with Crippen LogP contribution in [0.1, 0.15) is 45.4 Å². The van der Waals surface area contributed by atoms with Gasteiger partial charge in [-0.3, -0.25) is 0 Å². The molecule has 1 aliphatic heterocycles. The molecule has 2 fully saturated rings. The molecule has 0 spiro atoms. The Morgan fingerprint density at radius 2 is 1.90 bits per heavy atom. The standard InChI is InChI=1S/C22H34Cl2N4O/c1-2-25-22(29)26-18-9-7-17(8-10-18)11-14-27-12-4-13-28(16-15-27)20-6-3-5-19(23)21(20)24/h3,5-6,17-18H,2,4,7-16H2,1H3,(H2,25,26,29). The molecule has 1 aromatic rings. The number of hydrogen-bond acceptors (Lipinski definition) is 3. The summed E-state index contributed by atoms with van der Waals surface area (Å²) in [6.45, 7) is 8.01. The third-order valence-electron chi connectivity index (χ3n) is 6.23. The van der Waals surface area contributed by atoms with Gasteiger partial charge in [0.15, 0.2) is 0 Å². The summed E-state index contributed by atoms with van der Waals surface area (Å²) in [6.07, 6.45) is 7.04. The molecule has 0 radical (unpaired) electrons. The summed E-state index contributed by atoms with van der Waals surface area (Å²) in [5.74, 6) is 0.781. The zero-order chi connectivity index (χ0) is 20.6. The summed E-state index contributed by atoms with van der Waals surface area (Å²) in [4.78, 5) is 16.6. The lowest BCUT2D eigenvalue weighted by Gasteiger charge is -2.31. The van der Waals surface area contributed by atoms with Crippen LogP contribution in [0.4, 0.5) is 10.5 Å². The van der Waals surface area contributed by atoms with Gasteiger partial charge in [-0.1, -0.05) is 29.3 Å². The first-order valence-corrected chi connectivity index (χ1v) is 11.8. The molecular weight excluding hydrogens is 407 g/mol. The number of nitrogens with one attached hydrogen (secondary N) is 2. The summed E-state index contributed by atoms with van der Waals surface area (Å²) >= 11 is 12.6. The topological polar surface area (TPSA) is 47.6 Å². The molecule has 1 saturated carbocycles. The summed E-state index contributed by atoms with van der Waals surface area (Å²) in [5, 5.41) is 7.22. The number of carbonyl (C=O) groups excluding carboxylic acids is 1. The number of rotatable bonds is 6. The van der Waals surface area contributed by atoms with Crippen molar-refractivity contribution >= 4 is 34.9 Å². The molecule has 2 amide bonds. The Labute approximate surface area is 185 Å². The number of urea groups is 1. The monoisotopic (exact) mass is 440 g/mol. The van der Waals surface area contributed by atoms with E-state index in [1.54, 1.807) is 0 Å². The van der Waals surface area contributed by atoms with Gasteiger partial charge in [-0.2, -0.15) is 0 Å². The fraction of sp³-hybridized carbons (Fsp3) is 0.682. The molecule has 3 rings (SSSR count). The molecule has 29 heavy (non-hydrogen) atoms. The van der Waals surface area contributed by atoms with Crippen molar-refractivity contribution < 1.29 is 4.79 Å². The highest BCUT2D eigenvalue weighted by Gasteiger charge is 2.23. The van der Waals surface area contributed by atoms with Crippen LogP contribution in [-0.4, -0.2) is 56.2 Å². The predicted molar refractivity (Wildman–Crippen MR) is 122 cm³/mol. The molecule has 5 nitrogen and oxygen atoms in total. The molecule has 0 bridgehead atoms. The number of hydrogen-bond donors (Lipinski definition) is 2. The quantitative estimate of drug-likeness (QED) is 0.669. The van der Waals surface area contributed by atoms with Crippen molar-refractivity contribution in [3.8, 4) is 0 Å². The van der Waals surface area contributed by atoms with Crippen molar-refractivity contribution in [1.29, 1.82) is 0 Å². The Balaban J connectivity index is 1.39.